The fourth-order valence-corrected chi connectivity index (χ4v) is 3.96. The van der Waals surface area contributed by atoms with Crippen molar-refractivity contribution in [3.05, 3.63) is 29.3 Å². The molecule has 2 aliphatic heterocycles. The van der Waals surface area contributed by atoms with E-state index >= 15 is 0 Å². The Bertz CT molecular complexity index is 751. The lowest BCUT2D eigenvalue weighted by Gasteiger charge is -2.40. The van der Waals surface area contributed by atoms with E-state index in [1.807, 2.05) is 19.2 Å². The molecule has 1 fully saturated rings. The summed E-state index contributed by atoms with van der Waals surface area (Å²) >= 11 is 0. The van der Waals surface area contributed by atoms with Gasteiger partial charge in [0.15, 0.2) is 0 Å². The van der Waals surface area contributed by atoms with E-state index in [2.05, 4.69) is 30.4 Å². The first kappa shape index (κ1) is 14.4. The predicted octanol–water partition coefficient (Wildman–Crippen LogP) is 2.19. The largest absolute Gasteiger partial charge is 0.315 e. The molecule has 120 valence electrons. The highest BCUT2D eigenvalue weighted by Gasteiger charge is 2.43. The number of hydrogen-bond acceptors (Lipinski definition) is 3. The number of amides is 2. The van der Waals surface area contributed by atoms with E-state index in [-0.39, 0.29) is 29.1 Å². The topological polar surface area (TPSA) is 61.8 Å². The normalized spacial score (nSPS) is 28.3. The highest BCUT2D eigenvalue weighted by atomic mass is 16.2. The van der Waals surface area contributed by atoms with Gasteiger partial charge >= 0.3 is 0 Å². The maximum absolute atomic E-state index is 12.2. The molecule has 2 atom stereocenters. The lowest BCUT2D eigenvalue weighted by atomic mass is 9.68. The molecule has 23 heavy (non-hydrogen) atoms. The number of hydrogen-bond donors (Lipinski definition) is 1. The van der Waals surface area contributed by atoms with Crippen molar-refractivity contribution >= 4 is 23.2 Å². The third-order valence-corrected chi connectivity index (χ3v) is 5.60. The Labute approximate surface area is 135 Å². The van der Waals surface area contributed by atoms with Gasteiger partial charge in [-0.2, -0.15) is 5.10 Å². The summed E-state index contributed by atoms with van der Waals surface area (Å²) in [5.74, 6) is 0.522. The molecule has 1 N–H and O–H groups in total. The highest BCUT2D eigenvalue weighted by molar-refractivity contribution is 6.08. The van der Waals surface area contributed by atoms with Crippen LogP contribution in [0.4, 0.5) is 5.69 Å². The fraction of sp³-hybridized carbons (Fsp3) is 0.500. The zero-order valence-electron chi connectivity index (χ0n) is 13.7. The van der Waals surface area contributed by atoms with E-state index in [0.29, 0.717) is 6.42 Å². The average Bonchev–Trinajstić information content (AvgIpc) is 2.46. The summed E-state index contributed by atoms with van der Waals surface area (Å²) in [6.07, 6.45) is 2.48. The van der Waals surface area contributed by atoms with E-state index in [1.54, 1.807) is 4.90 Å². The third-order valence-electron chi connectivity index (χ3n) is 5.60. The summed E-state index contributed by atoms with van der Waals surface area (Å²) in [7, 11) is 1.83. The van der Waals surface area contributed by atoms with Crippen molar-refractivity contribution in [3.63, 3.8) is 0 Å². The lowest BCUT2D eigenvalue weighted by Crippen LogP contribution is -2.48. The van der Waals surface area contributed by atoms with Gasteiger partial charge in [0.2, 0.25) is 11.8 Å². The van der Waals surface area contributed by atoms with Gasteiger partial charge in [-0.25, -0.2) is 5.43 Å². The van der Waals surface area contributed by atoms with Crippen molar-refractivity contribution < 1.29 is 9.59 Å². The van der Waals surface area contributed by atoms with Crippen molar-refractivity contribution in [3.8, 4) is 0 Å². The molecular weight excluding hydrogens is 290 g/mol. The van der Waals surface area contributed by atoms with Crippen molar-refractivity contribution in [2.75, 3.05) is 11.9 Å². The molecule has 2 unspecified atom stereocenters. The summed E-state index contributed by atoms with van der Waals surface area (Å²) in [6.45, 7) is 4.22. The van der Waals surface area contributed by atoms with Gasteiger partial charge in [-0.15, -0.1) is 0 Å². The van der Waals surface area contributed by atoms with Crippen LogP contribution in [0.25, 0.3) is 0 Å². The number of nitrogens with one attached hydrogen (secondary N) is 1. The number of nitrogens with zero attached hydrogens (tertiary/aromatic N) is 2. The smallest absolute Gasteiger partial charge is 0.243 e. The summed E-state index contributed by atoms with van der Waals surface area (Å²) in [6, 6.07) is 6.19. The van der Waals surface area contributed by atoms with Crippen molar-refractivity contribution in [2.45, 2.75) is 38.5 Å². The van der Waals surface area contributed by atoms with Crippen LogP contribution in [0.5, 0.6) is 0 Å². The Balaban J connectivity index is 1.78. The molecule has 1 aromatic rings. The highest BCUT2D eigenvalue weighted by Crippen LogP contribution is 2.43. The summed E-state index contributed by atoms with van der Waals surface area (Å²) in [5.41, 5.74) is 6.67. The number of hydrazone groups is 1. The number of fused-ring (bicyclic) bond motifs is 2. The lowest BCUT2D eigenvalue weighted by molar-refractivity contribution is -0.129. The zero-order valence-corrected chi connectivity index (χ0v) is 13.7. The number of anilines is 1. The van der Waals surface area contributed by atoms with Gasteiger partial charge < -0.3 is 4.90 Å². The van der Waals surface area contributed by atoms with Gasteiger partial charge in [0, 0.05) is 36.4 Å². The second-order valence-electron chi connectivity index (χ2n) is 7.51. The molecular formula is C18H21N3O2. The molecule has 0 spiro atoms. The van der Waals surface area contributed by atoms with E-state index < -0.39 is 0 Å². The predicted molar refractivity (Wildman–Crippen MR) is 88.4 cm³/mol. The van der Waals surface area contributed by atoms with Gasteiger partial charge in [0.25, 0.3) is 0 Å². The van der Waals surface area contributed by atoms with E-state index in [4.69, 9.17) is 0 Å². The van der Waals surface area contributed by atoms with Crippen LogP contribution in [0.2, 0.25) is 0 Å². The molecule has 1 saturated carbocycles. The van der Waals surface area contributed by atoms with Gasteiger partial charge in [0.05, 0.1) is 5.71 Å². The molecule has 0 saturated heterocycles. The minimum atomic E-state index is -0.188. The number of benzene rings is 1. The quantitative estimate of drug-likeness (QED) is 0.864. The maximum Gasteiger partial charge on any atom is 0.243 e. The molecule has 1 aromatic carbocycles. The minimum absolute atomic E-state index is 0.0496. The van der Waals surface area contributed by atoms with Gasteiger partial charge in [-0.1, -0.05) is 19.9 Å². The van der Waals surface area contributed by atoms with Crippen molar-refractivity contribution in [1.82, 2.24) is 5.43 Å². The summed E-state index contributed by atoms with van der Waals surface area (Å²) in [5, 5.41) is 4.33. The standard InChI is InChI=1S/C18H21N3O2/c1-18(2)9-15(22)21(3)14-7-4-10(8-13(14)18)16-11-5-6-12(11)17(23)20-19-16/h4,7-8,11-12H,5-6,9H2,1-3H3,(H,20,23). The number of carbonyl (C=O) groups is 2. The van der Waals surface area contributed by atoms with Crippen molar-refractivity contribution in [1.29, 1.82) is 0 Å². The van der Waals surface area contributed by atoms with E-state index in [9.17, 15) is 9.59 Å². The average molecular weight is 311 g/mol. The molecule has 2 amide bonds. The molecule has 5 heteroatoms. The molecule has 2 heterocycles. The van der Waals surface area contributed by atoms with Gasteiger partial charge in [-0.3, -0.25) is 9.59 Å². The molecule has 0 bridgehead atoms. The molecule has 0 radical (unpaired) electrons. The van der Waals surface area contributed by atoms with Crippen LogP contribution in [0.15, 0.2) is 23.3 Å². The Morgan fingerprint density at radius 3 is 2.65 bits per heavy atom. The van der Waals surface area contributed by atoms with Crippen LogP contribution >= 0.6 is 0 Å². The first-order chi connectivity index (χ1) is 10.9. The third kappa shape index (κ3) is 2.02. The Kier molecular flexibility index (Phi) is 2.92. The van der Waals surface area contributed by atoms with E-state index in [0.717, 1.165) is 29.8 Å². The van der Waals surface area contributed by atoms with Gasteiger partial charge in [0.1, 0.15) is 0 Å². The zero-order chi connectivity index (χ0) is 16.4. The van der Waals surface area contributed by atoms with Crippen molar-refractivity contribution in [2.24, 2.45) is 16.9 Å². The summed E-state index contributed by atoms with van der Waals surface area (Å²) in [4.78, 5) is 25.7. The Hall–Kier alpha value is -2.17. The molecule has 0 aromatic heterocycles. The van der Waals surface area contributed by atoms with Crippen LogP contribution in [-0.4, -0.2) is 24.6 Å². The number of rotatable bonds is 1. The Morgan fingerprint density at radius 1 is 1.22 bits per heavy atom. The number of carbonyl (C=O) groups excluding carboxylic acids is 2. The fourth-order valence-electron chi connectivity index (χ4n) is 3.96. The first-order valence-electron chi connectivity index (χ1n) is 8.17. The van der Waals surface area contributed by atoms with Gasteiger partial charge in [-0.05, 0) is 36.1 Å². The monoisotopic (exact) mass is 311 g/mol. The molecule has 3 aliphatic rings. The second kappa shape index (κ2) is 4.66. The Morgan fingerprint density at radius 2 is 1.96 bits per heavy atom. The molecule has 5 nitrogen and oxygen atoms in total. The maximum atomic E-state index is 12.2. The van der Waals surface area contributed by atoms with Crippen LogP contribution in [0.1, 0.15) is 44.2 Å². The minimum Gasteiger partial charge on any atom is -0.315 e. The second-order valence-corrected chi connectivity index (χ2v) is 7.51. The van der Waals surface area contributed by atoms with Crippen LogP contribution in [0, 0.1) is 11.8 Å². The van der Waals surface area contributed by atoms with Crippen LogP contribution in [-0.2, 0) is 15.0 Å². The van der Waals surface area contributed by atoms with Crippen LogP contribution < -0.4 is 10.3 Å². The van der Waals surface area contributed by atoms with E-state index in [1.165, 1.54) is 5.56 Å². The molecule has 4 rings (SSSR count). The SMILES string of the molecule is CN1C(=O)CC(C)(C)c2cc(C3=NNC(=O)C4CCC34)ccc21. The van der Waals surface area contributed by atoms with Crippen LogP contribution in [0.3, 0.4) is 0 Å². The first-order valence-corrected chi connectivity index (χ1v) is 8.17. The molecule has 1 aliphatic carbocycles. The summed E-state index contributed by atoms with van der Waals surface area (Å²) < 4.78 is 0.